The largest absolute Gasteiger partial charge is 0.396 e. The van der Waals surface area contributed by atoms with Crippen molar-refractivity contribution >= 4 is 33.3 Å². The molecule has 0 radical (unpaired) electrons. The SMILES string of the molecule is Nc1c2ccncc2cc2cnc(NCCCN3CCCCC3)nc12. The molecule has 3 N–H and O–H groups in total. The van der Waals surface area contributed by atoms with Crippen LogP contribution in [0.3, 0.4) is 0 Å². The van der Waals surface area contributed by atoms with Crippen LogP contribution in [0.4, 0.5) is 11.6 Å². The lowest BCUT2D eigenvalue weighted by molar-refractivity contribution is 0.228. The van der Waals surface area contributed by atoms with E-state index in [0.29, 0.717) is 11.6 Å². The average molecular weight is 336 g/mol. The molecule has 0 spiro atoms. The molecule has 2 aromatic heterocycles. The van der Waals surface area contributed by atoms with E-state index in [9.17, 15) is 0 Å². The van der Waals surface area contributed by atoms with Gasteiger partial charge in [0.15, 0.2) is 0 Å². The molecular formula is C19H24N6. The van der Waals surface area contributed by atoms with Gasteiger partial charge in [0.1, 0.15) is 0 Å². The zero-order valence-electron chi connectivity index (χ0n) is 14.4. The van der Waals surface area contributed by atoms with Gasteiger partial charge >= 0.3 is 0 Å². The summed E-state index contributed by atoms with van der Waals surface area (Å²) in [6.07, 6.45) is 10.6. The number of hydrogen-bond acceptors (Lipinski definition) is 6. The summed E-state index contributed by atoms with van der Waals surface area (Å²) in [6.45, 7) is 4.50. The number of pyridine rings is 1. The highest BCUT2D eigenvalue weighted by Crippen LogP contribution is 2.28. The lowest BCUT2D eigenvalue weighted by Crippen LogP contribution is -2.31. The number of aromatic nitrogens is 3. The van der Waals surface area contributed by atoms with Gasteiger partial charge in [-0.2, -0.15) is 0 Å². The zero-order chi connectivity index (χ0) is 17.1. The average Bonchev–Trinajstić information content (AvgIpc) is 2.67. The highest BCUT2D eigenvalue weighted by molar-refractivity contribution is 6.08. The molecule has 25 heavy (non-hydrogen) atoms. The van der Waals surface area contributed by atoms with E-state index in [1.54, 1.807) is 6.20 Å². The lowest BCUT2D eigenvalue weighted by atomic mass is 10.1. The molecule has 1 aromatic carbocycles. The van der Waals surface area contributed by atoms with E-state index >= 15 is 0 Å². The number of nitrogens with one attached hydrogen (secondary N) is 1. The standard InChI is InChI=1S/C19H24N6/c20-17-16-5-7-21-12-14(16)11-15-13-23-19(24-18(15)17)22-6-4-10-25-8-2-1-3-9-25/h5,7,11-13H,1-4,6,8-10,20H2,(H,22,23,24). The summed E-state index contributed by atoms with van der Waals surface area (Å²) in [7, 11) is 0. The fraction of sp³-hybridized carbons (Fsp3) is 0.421. The van der Waals surface area contributed by atoms with Gasteiger partial charge in [-0.05, 0) is 51.0 Å². The Balaban J connectivity index is 1.45. The van der Waals surface area contributed by atoms with Crippen molar-refractivity contribution in [1.82, 2.24) is 19.9 Å². The van der Waals surface area contributed by atoms with E-state index in [-0.39, 0.29) is 0 Å². The molecule has 0 amide bonds. The second-order valence-corrected chi connectivity index (χ2v) is 6.70. The first kappa shape index (κ1) is 16.0. The van der Waals surface area contributed by atoms with Crippen LogP contribution in [0.5, 0.6) is 0 Å². The summed E-state index contributed by atoms with van der Waals surface area (Å²) >= 11 is 0. The molecule has 6 heteroatoms. The lowest BCUT2D eigenvalue weighted by Gasteiger charge is -2.26. The first-order chi connectivity index (χ1) is 12.3. The first-order valence-electron chi connectivity index (χ1n) is 9.06. The van der Waals surface area contributed by atoms with Crippen LogP contribution in [0.25, 0.3) is 21.7 Å². The molecule has 1 aliphatic heterocycles. The van der Waals surface area contributed by atoms with Gasteiger partial charge in [-0.15, -0.1) is 0 Å². The number of piperidine rings is 1. The summed E-state index contributed by atoms with van der Waals surface area (Å²) in [5.41, 5.74) is 7.81. The molecule has 0 aliphatic carbocycles. The van der Waals surface area contributed by atoms with Crippen LogP contribution in [0.2, 0.25) is 0 Å². The van der Waals surface area contributed by atoms with Crippen LogP contribution >= 0.6 is 0 Å². The van der Waals surface area contributed by atoms with Gasteiger partial charge < -0.3 is 16.0 Å². The Bertz CT molecular complexity index is 872. The van der Waals surface area contributed by atoms with Crippen LogP contribution < -0.4 is 11.1 Å². The smallest absolute Gasteiger partial charge is 0.223 e. The maximum Gasteiger partial charge on any atom is 0.223 e. The number of anilines is 2. The van der Waals surface area contributed by atoms with E-state index < -0.39 is 0 Å². The molecule has 0 saturated carbocycles. The number of benzene rings is 1. The van der Waals surface area contributed by atoms with Crippen molar-refractivity contribution in [1.29, 1.82) is 0 Å². The third-order valence-electron chi connectivity index (χ3n) is 4.91. The quantitative estimate of drug-likeness (QED) is 0.423. The Morgan fingerprint density at radius 2 is 2.00 bits per heavy atom. The predicted molar refractivity (Wildman–Crippen MR) is 103 cm³/mol. The predicted octanol–water partition coefficient (Wildman–Crippen LogP) is 3.05. The van der Waals surface area contributed by atoms with Crippen molar-refractivity contribution in [3.8, 4) is 0 Å². The van der Waals surface area contributed by atoms with Gasteiger partial charge in [-0.1, -0.05) is 6.42 Å². The van der Waals surface area contributed by atoms with Gasteiger partial charge in [0.2, 0.25) is 5.95 Å². The molecule has 0 atom stereocenters. The Hall–Kier alpha value is -2.47. The van der Waals surface area contributed by atoms with Crippen LogP contribution in [-0.4, -0.2) is 46.0 Å². The fourth-order valence-corrected chi connectivity index (χ4v) is 3.55. The van der Waals surface area contributed by atoms with Crippen molar-refractivity contribution in [3.63, 3.8) is 0 Å². The van der Waals surface area contributed by atoms with E-state index in [0.717, 1.165) is 41.2 Å². The molecule has 1 fully saturated rings. The molecule has 1 aliphatic rings. The van der Waals surface area contributed by atoms with Crippen molar-refractivity contribution < 1.29 is 0 Å². The van der Waals surface area contributed by atoms with Gasteiger partial charge in [-0.3, -0.25) is 4.98 Å². The van der Waals surface area contributed by atoms with Gasteiger partial charge in [0.25, 0.3) is 0 Å². The fourth-order valence-electron chi connectivity index (χ4n) is 3.55. The van der Waals surface area contributed by atoms with E-state index in [1.165, 1.54) is 32.4 Å². The number of likely N-dealkylation sites (tertiary alicyclic amines) is 1. The van der Waals surface area contributed by atoms with Crippen LogP contribution in [0.1, 0.15) is 25.7 Å². The Kier molecular flexibility index (Phi) is 4.61. The second kappa shape index (κ2) is 7.19. The van der Waals surface area contributed by atoms with Crippen LogP contribution in [-0.2, 0) is 0 Å². The minimum Gasteiger partial charge on any atom is -0.396 e. The molecule has 1 saturated heterocycles. The summed E-state index contributed by atoms with van der Waals surface area (Å²) < 4.78 is 0. The molecule has 0 unspecified atom stereocenters. The third-order valence-corrected chi connectivity index (χ3v) is 4.91. The molecule has 6 nitrogen and oxygen atoms in total. The van der Waals surface area contributed by atoms with E-state index in [1.807, 2.05) is 24.5 Å². The third kappa shape index (κ3) is 3.49. The molecular weight excluding hydrogens is 312 g/mol. The van der Waals surface area contributed by atoms with Crippen molar-refractivity contribution in [2.45, 2.75) is 25.7 Å². The van der Waals surface area contributed by atoms with Gasteiger partial charge in [0, 0.05) is 41.3 Å². The highest BCUT2D eigenvalue weighted by atomic mass is 15.1. The van der Waals surface area contributed by atoms with Crippen molar-refractivity contribution in [2.24, 2.45) is 0 Å². The topological polar surface area (TPSA) is 80.0 Å². The summed E-state index contributed by atoms with van der Waals surface area (Å²) in [4.78, 5) is 15.8. The van der Waals surface area contributed by atoms with Crippen LogP contribution in [0.15, 0.2) is 30.7 Å². The molecule has 0 bridgehead atoms. The number of fused-ring (bicyclic) bond motifs is 2. The summed E-state index contributed by atoms with van der Waals surface area (Å²) in [6, 6.07) is 3.96. The minimum atomic E-state index is 0.645. The summed E-state index contributed by atoms with van der Waals surface area (Å²) in [5, 5.41) is 6.27. The molecule has 3 aromatic rings. The summed E-state index contributed by atoms with van der Waals surface area (Å²) in [5.74, 6) is 0.645. The van der Waals surface area contributed by atoms with E-state index in [4.69, 9.17) is 5.73 Å². The minimum absolute atomic E-state index is 0.645. The number of nitrogen functional groups attached to an aromatic ring is 1. The normalized spacial score (nSPS) is 15.7. The molecule has 4 rings (SSSR count). The Labute approximate surface area is 147 Å². The van der Waals surface area contributed by atoms with Crippen molar-refractivity contribution in [3.05, 3.63) is 30.7 Å². The number of nitrogens with zero attached hydrogens (tertiary/aromatic N) is 4. The maximum atomic E-state index is 6.32. The van der Waals surface area contributed by atoms with E-state index in [2.05, 4.69) is 25.2 Å². The highest BCUT2D eigenvalue weighted by Gasteiger charge is 2.10. The number of nitrogens with two attached hydrogens (primary N) is 1. The maximum absolute atomic E-state index is 6.32. The first-order valence-corrected chi connectivity index (χ1v) is 9.06. The van der Waals surface area contributed by atoms with Crippen LogP contribution in [0, 0.1) is 0 Å². The monoisotopic (exact) mass is 336 g/mol. The zero-order valence-corrected chi connectivity index (χ0v) is 14.4. The Morgan fingerprint density at radius 3 is 2.88 bits per heavy atom. The molecule has 3 heterocycles. The van der Waals surface area contributed by atoms with Gasteiger partial charge in [0.05, 0.1) is 11.2 Å². The van der Waals surface area contributed by atoms with Gasteiger partial charge in [-0.25, -0.2) is 9.97 Å². The van der Waals surface area contributed by atoms with Crippen molar-refractivity contribution in [2.75, 3.05) is 37.2 Å². The molecule has 130 valence electrons. The second-order valence-electron chi connectivity index (χ2n) is 6.70. The Morgan fingerprint density at radius 1 is 1.12 bits per heavy atom. The number of rotatable bonds is 5. The number of hydrogen-bond donors (Lipinski definition) is 2.